The molecule has 0 amide bonds. The smallest absolute Gasteiger partial charge is 0.0477 e. The Hall–Kier alpha value is -0.0800. The van der Waals surface area contributed by atoms with Crippen LogP contribution in [0.15, 0.2) is 0 Å². The van der Waals surface area contributed by atoms with Crippen molar-refractivity contribution in [2.24, 2.45) is 11.8 Å². The minimum atomic E-state index is 0.813. The van der Waals surface area contributed by atoms with Crippen molar-refractivity contribution >= 4 is 0 Å². The fourth-order valence-electron chi connectivity index (χ4n) is 1.38. The van der Waals surface area contributed by atoms with Gasteiger partial charge in [-0.2, -0.15) is 0 Å². The highest BCUT2D eigenvalue weighted by Gasteiger charge is 2.05. The van der Waals surface area contributed by atoms with E-state index in [0.29, 0.717) is 0 Å². The van der Waals surface area contributed by atoms with Crippen molar-refractivity contribution < 1.29 is 0 Å². The normalized spacial score (nSPS) is 12.0. The lowest BCUT2D eigenvalue weighted by Gasteiger charge is -2.23. The van der Waals surface area contributed by atoms with Crippen LogP contribution in [0.1, 0.15) is 40.5 Å². The second-order valence-corrected chi connectivity index (χ2v) is 4.99. The van der Waals surface area contributed by atoms with E-state index < -0.39 is 0 Å². The Morgan fingerprint density at radius 1 is 0.929 bits per heavy atom. The summed E-state index contributed by atoms with van der Waals surface area (Å²) >= 11 is 0. The van der Waals surface area contributed by atoms with Crippen molar-refractivity contribution in [3.8, 4) is 0 Å². The minimum Gasteiger partial charge on any atom is -0.307 e. The van der Waals surface area contributed by atoms with E-state index in [0.717, 1.165) is 18.5 Å². The molecule has 0 saturated heterocycles. The van der Waals surface area contributed by atoms with Gasteiger partial charge in [0.2, 0.25) is 0 Å². The summed E-state index contributed by atoms with van der Waals surface area (Å²) in [6.45, 7) is 12.6. The molecule has 1 N–H and O–H groups in total. The van der Waals surface area contributed by atoms with Crippen molar-refractivity contribution in [3.63, 3.8) is 0 Å². The third kappa shape index (κ3) is 8.52. The van der Waals surface area contributed by atoms with Crippen LogP contribution >= 0.6 is 0 Å². The molecule has 0 unspecified atom stereocenters. The molecule has 0 heterocycles. The lowest BCUT2D eigenvalue weighted by molar-refractivity contribution is 0.232. The lowest BCUT2D eigenvalue weighted by Crippen LogP contribution is -2.34. The van der Waals surface area contributed by atoms with Gasteiger partial charge >= 0.3 is 0 Å². The Kier molecular flexibility index (Phi) is 8.20. The van der Waals surface area contributed by atoms with E-state index in [1.54, 1.807) is 0 Å². The van der Waals surface area contributed by atoms with Gasteiger partial charge in [0, 0.05) is 6.67 Å². The van der Waals surface area contributed by atoms with Crippen LogP contribution in [0.4, 0.5) is 0 Å². The van der Waals surface area contributed by atoms with Crippen molar-refractivity contribution in [3.05, 3.63) is 0 Å². The van der Waals surface area contributed by atoms with Crippen LogP contribution in [-0.4, -0.2) is 31.7 Å². The topological polar surface area (TPSA) is 15.3 Å². The van der Waals surface area contributed by atoms with Crippen molar-refractivity contribution in [1.82, 2.24) is 10.2 Å². The number of hydrogen-bond acceptors (Lipinski definition) is 2. The van der Waals surface area contributed by atoms with Gasteiger partial charge < -0.3 is 5.32 Å². The zero-order chi connectivity index (χ0) is 11.0. The first-order chi connectivity index (χ1) is 6.56. The van der Waals surface area contributed by atoms with Crippen LogP contribution in [-0.2, 0) is 0 Å². The molecule has 0 aliphatic carbocycles. The summed E-state index contributed by atoms with van der Waals surface area (Å²) in [6, 6.07) is 0. The SMILES string of the molecule is CNCN(CCC(C)C)CCC(C)C. The summed E-state index contributed by atoms with van der Waals surface area (Å²) in [6.07, 6.45) is 2.61. The van der Waals surface area contributed by atoms with Crippen LogP contribution < -0.4 is 5.32 Å². The monoisotopic (exact) mass is 200 g/mol. The molecule has 0 atom stereocenters. The fraction of sp³-hybridized carbons (Fsp3) is 1.00. The molecule has 0 aromatic rings. The predicted octanol–water partition coefficient (Wildman–Crippen LogP) is 2.56. The third-order valence-corrected chi connectivity index (χ3v) is 2.43. The summed E-state index contributed by atoms with van der Waals surface area (Å²) < 4.78 is 0. The molecular formula is C12H28N2. The molecule has 0 saturated carbocycles. The highest BCUT2D eigenvalue weighted by Crippen LogP contribution is 2.05. The standard InChI is InChI=1S/C12H28N2/c1-11(2)6-8-14(10-13-5)9-7-12(3)4/h11-13H,6-10H2,1-5H3. The number of nitrogens with one attached hydrogen (secondary N) is 1. The van der Waals surface area contributed by atoms with Crippen LogP contribution in [0.2, 0.25) is 0 Å². The molecular weight excluding hydrogens is 172 g/mol. The zero-order valence-electron chi connectivity index (χ0n) is 10.6. The van der Waals surface area contributed by atoms with Crippen molar-refractivity contribution in [1.29, 1.82) is 0 Å². The first kappa shape index (κ1) is 13.9. The maximum Gasteiger partial charge on any atom is 0.0477 e. The predicted molar refractivity (Wildman–Crippen MR) is 64.4 cm³/mol. The summed E-state index contributed by atoms with van der Waals surface area (Å²) in [4.78, 5) is 2.51. The van der Waals surface area contributed by atoms with Crippen LogP contribution in [0.5, 0.6) is 0 Å². The molecule has 0 aromatic carbocycles. The number of nitrogens with zero attached hydrogens (tertiary/aromatic N) is 1. The molecule has 86 valence electrons. The molecule has 0 rings (SSSR count). The maximum atomic E-state index is 3.24. The van der Waals surface area contributed by atoms with Crippen LogP contribution in [0, 0.1) is 11.8 Å². The second-order valence-electron chi connectivity index (χ2n) is 4.99. The van der Waals surface area contributed by atoms with E-state index in [9.17, 15) is 0 Å². The Balaban J connectivity index is 3.65. The van der Waals surface area contributed by atoms with Crippen LogP contribution in [0.3, 0.4) is 0 Å². The molecule has 0 aliphatic heterocycles. The van der Waals surface area contributed by atoms with Gasteiger partial charge in [0.25, 0.3) is 0 Å². The molecule has 0 bridgehead atoms. The van der Waals surface area contributed by atoms with Gasteiger partial charge in [-0.15, -0.1) is 0 Å². The van der Waals surface area contributed by atoms with Gasteiger partial charge in [0.15, 0.2) is 0 Å². The summed E-state index contributed by atoms with van der Waals surface area (Å²) in [7, 11) is 2.03. The molecule has 0 spiro atoms. The van der Waals surface area contributed by atoms with E-state index in [1.165, 1.54) is 25.9 Å². The summed E-state index contributed by atoms with van der Waals surface area (Å²) in [5, 5.41) is 3.24. The van der Waals surface area contributed by atoms with E-state index in [2.05, 4.69) is 37.9 Å². The molecule has 0 radical (unpaired) electrons. The lowest BCUT2D eigenvalue weighted by atomic mass is 10.1. The molecule has 2 nitrogen and oxygen atoms in total. The fourth-order valence-corrected chi connectivity index (χ4v) is 1.38. The van der Waals surface area contributed by atoms with Gasteiger partial charge in [0.1, 0.15) is 0 Å². The van der Waals surface area contributed by atoms with E-state index >= 15 is 0 Å². The third-order valence-electron chi connectivity index (χ3n) is 2.43. The van der Waals surface area contributed by atoms with E-state index in [-0.39, 0.29) is 0 Å². The average molecular weight is 200 g/mol. The maximum absolute atomic E-state index is 3.24. The minimum absolute atomic E-state index is 0.813. The number of rotatable bonds is 8. The summed E-state index contributed by atoms with van der Waals surface area (Å²) in [5.74, 6) is 1.63. The van der Waals surface area contributed by atoms with Gasteiger partial charge in [-0.3, -0.25) is 4.90 Å². The quantitative estimate of drug-likeness (QED) is 0.606. The molecule has 0 aliphatic rings. The molecule has 14 heavy (non-hydrogen) atoms. The average Bonchev–Trinajstić information content (AvgIpc) is 2.09. The Morgan fingerprint density at radius 2 is 1.36 bits per heavy atom. The van der Waals surface area contributed by atoms with Gasteiger partial charge in [-0.25, -0.2) is 0 Å². The number of hydrogen-bond donors (Lipinski definition) is 1. The molecule has 2 heteroatoms. The Bertz CT molecular complexity index is 109. The first-order valence-electron chi connectivity index (χ1n) is 5.93. The second kappa shape index (κ2) is 8.25. The zero-order valence-corrected chi connectivity index (χ0v) is 10.6. The van der Waals surface area contributed by atoms with E-state index in [4.69, 9.17) is 0 Å². The van der Waals surface area contributed by atoms with Crippen LogP contribution in [0.25, 0.3) is 0 Å². The van der Waals surface area contributed by atoms with Crippen molar-refractivity contribution in [2.75, 3.05) is 26.8 Å². The van der Waals surface area contributed by atoms with E-state index in [1.807, 2.05) is 7.05 Å². The summed E-state index contributed by atoms with van der Waals surface area (Å²) in [5.41, 5.74) is 0. The Morgan fingerprint density at radius 3 is 1.64 bits per heavy atom. The highest BCUT2D eigenvalue weighted by atomic mass is 15.2. The molecule has 0 aromatic heterocycles. The van der Waals surface area contributed by atoms with Gasteiger partial charge in [-0.05, 0) is 44.8 Å². The highest BCUT2D eigenvalue weighted by molar-refractivity contribution is 4.59. The molecule has 0 fully saturated rings. The Labute approximate surface area is 90.1 Å². The van der Waals surface area contributed by atoms with Gasteiger partial charge in [0.05, 0.1) is 0 Å². The van der Waals surface area contributed by atoms with Gasteiger partial charge in [-0.1, -0.05) is 27.7 Å². The van der Waals surface area contributed by atoms with Crippen molar-refractivity contribution in [2.45, 2.75) is 40.5 Å². The largest absolute Gasteiger partial charge is 0.307 e. The first-order valence-corrected chi connectivity index (χ1v) is 5.93.